The molecule has 0 unspecified atom stereocenters. The summed E-state index contributed by atoms with van der Waals surface area (Å²) in [6.45, 7) is 1.91. The summed E-state index contributed by atoms with van der Waals surface area (Å²) in [5.41, 5.74) is 7.82. The van der Waals surface area contributed by atoms with Crippen LogP contribution in [0.25, 0.3) is 23.0 Å². The fourth-order valence-corrected chi connectivity index (χ4v) is 1.61. The number of nitrogen functional groups attached to an aromatic ring is 1. The van der Waals surface area contributed by atoms with Crippen LogP contribution in [0.4, 0.5) is 5.69 Å². The second kappa shape index (κ2) is 3.99. The van der Waals surface area contributed by atoms with Crippen molar-refractivity contribution in [2.24, 2.45) is 0 Å². The van der Waals surface area contributed by atoms with Crippen LogP contribution < -0.4 is 5.73 Å². The van der Waals surface area contributed by atoms with E-state index in [1.165, 1.54) is 0 Å². The van der Waals surface area contributed by atoms with Gasteiger partial charge in [-0.2, -0.15) is 4.98 Å². The third-order valence-electron chi connectivity index (χ3n) is 2.50. The van der Waals surface area contributed by atoms with Gasteiger partial charge in [-0.15, -0.1) is 0 Å². The van der Waals surface area contributed by atoms with Crippen molar-refractivity contribution in [2.45, 2.75) is 6.92 Å². The average Bonchev–Trinajstić information content (AvgIpc) is 2.97. The molecule has 0 spiro atoms. The van der Waals surface area contributed by atoms with Gasteiger partial charge in [-0.3, -0.25) is 4.98 Å². The van der Waals surface area contributed by atoms with E-state index < -0.39 is 0 Å². The first-order valence-electron chi connectivity index (χ1n) is 5.33. The zero-order valence-corrected chi connectivity index (χ0v) is 9.62. The Labute approximate surface area is 102 Å². The molecular formula is C12H10N4O2. The summed E-state index contributed by atoms with van der Waals surface area (Å²) in [5, 5.41) is 3.88. The minimum absolute atomic E-state index is 0.362. The molecule has 0 saturated heterocycles. The predicted molar refractivity (Wildman–Crippen MR) is 64.4 cm³/mol. The second-order valence-corrected chi connectivity index (χ2v) is 3.86. The largest absolute Gasteiger partial charge is 0.461 e. The first-order valence-corrected chi connectivity index (χ1v) is 5.33. The normalized spacial score (nSPS) is 10.7. The lowest BCUT2D eigenvalue weighted by Crippen LogP contribution is -1.87. The van der Waals surface area contributed by atoms with E-state index in [1.807, 2.05) is 13.0 Å². The molecule has 0 saturated carbocycles. The van der Waals surface area contributed by atoms with E-state index in [9.17, 15) is 0 Å². The van der Waals surface area contributed by atoms with Gasteiger partial charge in [0.25, 0.3) is 5.89 Å². The van der Waals surface area contributed by atoms with Crippen LogP contribution in [0.5, 0.6) is 0 Å². The Kier molecular flexibility index (Phi) is 2.33. The van der Waals surface area contributed by atoms with Gasteiger partial charge >= 0.3 is 0 Å². The molecule has 3 rings (SSSR count). The minimum atomic E-state index is 0.362. The maximum atomic E-state index is 5.65. The van der Waals surface area contributed by atoms with Crippen LogP contribution in [0.15, 0.2) is 39.7 Å². The molecule has 90 valence electrons. The van der Waals surface area contributed by atoms with Gasteiger partial charge in [0.05, 0.1) is 17.5 Å². The highest BCUT2D eigenvalue weighted by atomic mass is 16.5. The number of furan rings is 1. The van der Waals surface area contributed by atoms with Crippen LogP contribution in [0.2, 0.25) is 0 Å². The molecule has 0 aromatic carbocycles. The molecule has 0 fully saturated rings. The molecule has 3 heterocycles. The van der Waals surface area contributed by atoms with Crippen molar-refractivity contribution in [1.82, 2.24) is 15.1 Å². The van der Waals surface area contributed by atoms with Crippen LogP contribution >= 0.6 is 0 Å². The number of hydrogen-bond acceptors (Lipinski definition) is 6. The van der Waals surface area contributed by atoms with Crippen molar-refractivity contribution >= 4 is 5.69 Å². The third-order valence-corrected chi connectivity index (χ3v) is 2.50. The summed E-state index contributed by atoms with van der Waals surface area (Å²) >= 11 is 0. The molecule has 18 heavy (non-hydrogen) atoms. The van der Waals surface area contributed by atoms with Gasteiger partial charge in [-0.1, -0.05) is 5.16 Å². The van der Waals surface area contributed by atoms with Crippen molar-refractivity contribution in [2.75, 3.05) is 5.73 Å². The van der Waals surface area contributed by atoms with E-state index in [-0.39, 0.29) is 0 Å². The van der Waals surface area contributed by atoms with Crippen LogP contribution in [0.1, 0.15) is 5.56 Å². The lowest BCUT2D eigenvalue weighted by atomic mass is 10.2. The summed E-state index contributed by atoms with van der Waals surface area (Å²) in [4.78, 5) is 8.23. The Morgan fingerprint density at radius 1 is 1.28 bits per heavy atom. The third kappa shape index (κ3) is 1.73. The fourth-order valence-electron chi connectivity index (χ4n) is 1.61. The average molecular weight is 242 g/mol. The summed E-state index contributed by atoms with van der Waals surface area (Å²) in [7, 11) is 0. The zero-order valence-electron chi connectivity index (χ0n) is 9.62. The van der Waals surface area contributed by atoms with Gasteiger partial charge in [0.2, 0.25) is 5.82 Å². The SMILES string of the molecule is Cc1ccoc1-c1noc(-c2cncc(N)c2)n1. The Hall–Kier alpha value is -2.63. The summed E-state index contributed by atoms with van der Waals surface area (Å²) in [6.07, 6.45) is 4.75. The molecule has 0 aliphatic rings. The lowest BCUT2D eigenvalue weighted by molar-refractivity contribution is 0.429. The number of hydrogen-bond donors (Lipinski definition) is 1. The van der Waals surface area contributed by atoms with Crippen molar-refractivity contribution in [3.05, 3.63) is 36.4 Å². The maximum Gasteiger partial charge on any atom is 0.259 e. The number of pyridine rings is 1. The van der Waals surface area contributed by atoms with E-state index in [4.69, 9.17) is 14.7 Å². The Bertz CT molecular complexity index is 687. The smallest absolute Gasteiger partial charge is 0.259 e. The van der Waals surface area contributed by atoms with Crippen molar-refractivity contribution in [3.63, 3.8) is 0 Å². The molecule has 0 aliphatic carbocycles. The number of aromatic nitrogens is 3. The van der Waals surface area contributed by atoms with E-state index >= 15 is 0 Å². The van der Waals surface area contributed by atoms with Gasteiger partial charge in [-0.05, 0) is 24.6 Å². The number of rotatable bonds is 2. The second-order valence-electron chi connectivity index (χ2n) is 3.86. The molecular weight excluding hydrogens is 232 g/mol. The summed E-state index contributed by atoms with van der Waals surface area (Å²) in [6, 6.07) is 3.56. The molecule has 0 aliphatic heterocycles. The predicted octanol–water partition coefficient (Wildman–Crippen LogP) is 2.28. The molecule has 6 nitrogen and oxygen atoms in total. The van der Waals surface area contributed by atoms with Crippen LogP contribution in [-0.4, -0.2) is 15.1 Å². The highest BCUT2D eigenvalue weighted by molar-refractivity contribution is 5.60. The van der Waals surface area contributed by atoms with Crippen LogP contribution in [0, 0.1) is 6.92 Å². The lowest BCUT2D eigenvalue weighted by Gasteiger charge is -1.94. The van der Waals surface area contributed by atoms with Crippen molar-refractivity contribution < 1.29 is 8.94 Å². The topological polar surface area (TPSA) is 91.0 Å². The summed E-state index contributed by atoms with van der Waals surface area (Å²) < 4.78 is 10.5. The highest BCUT2D eigenvalue weighted by Gasteiger charge is 2.15. The van der Waals surface area contributed by atoms with E-state index in [0.29, 0.717) is 28.7 Å². The summed E-state index contributed by atoms with van der Waals surface area (Å²) in [5.74, 6) is 1.37. The number of aryl methyl sites for hydroxylation is 1. The molecule has 0 atom stereocenters. The zero-order chi connectivity index (χ0) is 12.5. The van der Waals surface area contributed by atoms with E-state index in [2.05, 4.69) is 15.1 Å². The Morgan fingerprint density at radius 2 is 2.17 bits per heavy atom. The molecule has 0 bridgehead atoms. The van der Waals surface area contributed by atoms with Crippen molar-refractivity contribution in [3.8, 4) is 23.0 Å². The quantitative estimate of drug-likeness (QED) is 0.741. The van der Waals surface area contributed by atoms with Crippen LogP contribution in [0.3, 0.4) is 0 Å². The van der Waals surface area contributed by atoms with Gasteiger partial charge in [0, 0.05) is 12.4 Å². The van der Waals surface area contributed by atoms with Crippen molar-refractivity contribution in [1.29, 1.82) is 0 Å². The molecule has 6 heteroatoms. The first kappa shape index (κ1) is 10.5. The van der Waals surface area contributed by atoms with E-state index in [1.54, 1.807) is 24.7 Å². The van der Waals surface area contributed by atoms with Gasteiger partial charge in [0.15, 0.2) is 5.76 Å². The highest BCUT2D eigenvalue weighted by Crippen LogP contribution is 2.25. The number of nitrogens with two attached hydrogens (primary N) is 1. The van der Waals surface area contributed by atoms with E-state index in [0.717, 1.165) is 5.56 Å². The molecule has 2 N–H and O–H groups in total. The Balaban J connectivity index is 2.02. The molecule has 3 aromatic rings. The van der Waals surface area contributed by atoms with Gasteiger partial charge in [-0.25, -0.2) is 0 Å². The van der Waals surface area contributed by atoms with Gasteiger partial charge < -0.3 is 14.7 Å². The van der Waals surface area contributed by atoms with Crippen LogP contribution in [-0.2, 0) is 0 Å². The maximum absolute atomic E-state index is 5.65. The molecule has 0 radical (unpaired) electrons. The number of anilines is 1. The minimum Gasteiger partial charge on any atom is -0.461 e. The fraction of sp³-hybridized carbons (Fsp3) is 0.0833. The monoisotopic (exact) mass is 242 g/mol. The molecule has 3 aromatic heterocycles. The number of nitrogens with zero attached hydrogens (tertiary/aromatic N) is 3. The standard InChI is InChI=1S/C12H10N4O2/c1-7-2-3-17-10(7)11-15-12(18-16-11)8-4-9(13)6-14-5-8/h2-6H,13H2,1H3. The first-order chi connectivity index (χ1) is 8.74. The van der Waals surface area contributed by atoms with Gasteiger partial charge in [0.1, 0.15) is 0 Å². The Morgan fingerprint density at radius 3 is 2.89 bits per heavy atom. The molecule has 0 amide bonds.